The van der Waals surface area contributed by atoms with Gasteiger partial charge < -0.3 is 4.74 Å². The molecule has 4 nitrogen and oxygen atoms in total. The van der Waals surface area contributed by atoms with Gasteiger partial charge in [0.2, 0.25) is 0 Å². The van der Waals surface area contributed by atoms with Crippen molar-refractivity contribution in [2.24, 2.45) is 5.10 Å². The van der Waals surface area contributed by atoms with Crippen LogP contribution < -0.4 is 10.2 Å². The number of amides is 1. The molecule has 108 valence electrons. The van der Waals surface area contributed by atoms with Crippen molar-refractivity contribution in [1.29, 1.82) is 0 Å². The minimum Gasteiger partial charge on any atom is -0.496 e. The SMILES string of the molecule is CC/C(=N\NC(=O)c1ccccc1OC)c1ccccc1. The summed E-state index contributed by atoms with van der Waals surface area (Å²) in [7, 11) is 1.54. The van der Waals surface area contributed by atoms with Gasteiger partial charge in [0.25, 0.3) is 5.91 Å². The average Bonchev–Trinajstić information content (AvgIpc) is 2.56. The van der Waals surface area contributed by atoms with Gasteiger partial charge in [-0.25, -0.2) is 5.43 Å². The number of nitrogens with zero attached hydrogens (tertiary/aromatic N) is 1. The highest BCUT2D eigenvalue weighted by atomic mass is 16.5. The second-order valence-corrected chi connectivity index (χ2v) is 4.42. The van der Waals surface area contributed by atoms with Gasteiger partial charge >= 0.3 is 0 Å². The molecule has 0 atom stereocenters. The first-order valence-electron chi connectivity index (χ1n) is 6.81. The fourth-order valence-corrected chi connectivity index (χ4v) is 1.99. The van der Waals surface area contributed by atoms with Crippen LogP contribution in [0.5, 0.6) is 5.75 Å². The molecule has 21 heavy (non-hydrogen) atoms. The predicted molar refractivity (Wildman–Crippen MR) is 83.7 cm³/mol. The van der Waals surface area contributed by atoms with E-state index in [1.807, 2.05) is 43.3 Å². The van der Waals surface area contributed by atoms with Crippen LogP contribution in [0.3, 0.4) is 0 Å². The van der Waals surface area contributed by atoms with Crippen molar-refractivity contribution in [2.45, 2.75) is 13.3 Å². The fourth-order valence-electron chi connectivity index (χ4n) is 1.99. The highest BCUT2D eigenvalue weighted by Gasteiger charge is 2.11. The molecular formula is C17H18N2O2. The lowest BCUT2D eigenvalue weighted by Crippen LogP contribution is -2.20. The van der Waals surface area contributed by atoms with Crippen molar-refractivity contribution in [2.75, 3.05) is 7.11 Å². The van der Waals surface area contributed by atoms with Gasteiger partial charge in [-0.15, -0.1) is 0 Å². The van der Waals surface area contributed by atoms with Gasteiger partial charge in [-0.2, -0.15) is 5.10 Å². The summed E-state index contributed by atoms with van der Waals surface area (Å²) in [6.07, 6.45) is 0.732. The van der Waals surface area contributed by atoms with Crippen molar-refractivity contribution in [3.63, 3.8) is 0 Å². The first-order valence-corrected chi connectivity index (χ1v) is 6.81. The molecule has 2 aromatic carbocycles. The van der Waals surface area contributed by atoms with Crippen LogP contribution in [-0.2, 0) is 0 Å². The maximum Gasteiger partial charge on any atom is 0.275 e. The van der Waals surface area contributed by atoms with Crippen LogP contribution in [0.15, 0.2) is 59.7 Å². The molecule has 1 amide bonds. The van der Waals surface area contributed by atoms with E-state index >= 15 is 0 Å². The smallest absolute Gasteiger partial charge is 0.275 e. The van der Waals surface area contributed by atoms with E-state index in [4.69, 9.17) is 4.74 Å². The van der Waals surface area contributed by atoms with E-state index in [1.165, 1.54) is 7.11 Å². The summed E-state index contributed by atoms with van der Waals surface area (Å²) in [5.41, 5.74) is 4.89. The number of hydrogen-bond donors (Lipinski definition) is 1. The molecule has 2 aromatic rings. The van der Waals surface area contributed by atoms with Gasteiger partial charge in [0, 0.05) is 0 Å². The maximum atomic E-state index is 12.2. The molecule has 1 N–H and O–H groups in total. The lowest BCUT2D eigenvalue weighted by molar-refractivity contribution is 0.0952. The molecule has 0 saturated carbocycles. The quantitative estimate of drug-likeness (QED) is 0.676. The molecular weight excluding hydrogens is 264 g/mol. The van der Waals surface area contributed by atoms with E-state index in [1.54, 1.807) is 18.2 Å². The summed E-state index contributed by atoms with van der Waals surface area (Å²) >= 11 is 0. The molecule has 0 bridgehead atoms. The Morgan fingerprint density at radius 1 is 1.10 bits per heavy atom. The Labute approximate surface area is 124 Å². The monoisotopic (exact) mass is 282 g/mol. The number of carbonyl (C=O) groups is 1. The lowest BCUT2D eigenvalue weighted by Gasteiger charge is -2.08. The van der Waals surface area contributed by atoms with Crippen molar-refractivity contribution >= 4 is 11.6 Å². The van der Waals surface area contributed by atoms with Gasteiger partial charge in [0.15, 0.2) is 0 Å². The standard InChI is InChI=1S/C17H18N2O2/c1-3-15(13-9-5-4-6-10-13)18-19-17(20)14-11-7-8-12-16(14)21-2/h4-12H,3H2,1-2H3,(H,19,20)/b18-15+. The third kappa shape index (κ3) is 3.69. The van der Waals surface area contributed by atoms with E-state index in [9.17, 15) is 4.79 Å². The molecule has 0 heterocycles. The van der Waals surface area contributed by atoms with Crippen LogP contribution in [-0.4, -0.2) is 18.7 Å². The Balaban J connectivity index is 2.17. The highest BCUT2D eigenvalue weighted by Crippen LogP contribution is 2.16. The average molecular weight is 282 g/mol. The Hall–Kier alpha value is -2.62. The molecule has 0 aliphatic heterocycles. The fraction of sp³-hybridized carbons (Fsp3) is 0.176. The van der Waals surface area contributed by atoms with Crippen molar-refractivity contribution < 1.29 is 9.53 Å². The number of hydrogen-bond acceptors (Lipinski definition) is 3. The molecule has 0 radical (unpaired) electrons. The molecule has 0 aromatic heterocycles. The minimum absolute atomic E-state index is 0.283. The summed E-state index contributed by atoms with van der Waals surface area (Å²) in [4.78, 5) is 12.2. The summed E-state index contributed by atoms with van der Waals surface area (Å²) in [6, 6.07) is 16.8. The van der Waals surface area contributed by atoms with Crippen LogP contribution in [0.4, 0.5) is 0 Å². The van der Waals surface area contributed by atoms with Crippen LogP contribution in [0.25, 0.3) is 0 Å². The number of benzene rings is 2. The third-order valence-electron chi connectivity index (χ3n) is 3.09. The Morgan fingerprint density at radius 2 is 1.76 bits per heavy atom. The second kappa shape index (κ2) is 7.24. The van der Waals surface area contributed by atoms with Crippen LogP contribution in [0, 0.1) is 0 Å². The molecule has 0 unspecified atom stereocenters. The molecule has 0 fully saturated rings. The summed E-state index contributed by atoms with van der Waals surface area (Å²) in [5.74, 6) is 0.247. The summed E-state index contributed by atoms with van der Waals surface area (Å²) < 4.78 is 5.17. The van der Waals surface area contributed by atoms with Gasteiger partial charge in [0.1, 0.15) is 5.75 Å². The van der Waals surface area contributed by atoms with Crippen LogP contribution in [0.1, 0.15) is 29.3 Å². The zero-order valence-electron chi connectivity index (χ0n) is 12.2. The molecule has 0 aliphatic rings. The van der Waals surface area contributed by atoms with E-state index in [2.05, 4.69) is 10.5 Å². The number of carbonyl (C=O) groups excluding carboxylic acids is 1. The molecule has 0 aliphatic carbocycles. The first kappa shape index (κ1) is 14.8. The molecule has 4 heteroatoms. The maximum absolute atomic E-state index is 12.2. The first-order chi connectivity index (χ1) is 10.3. The zero-order valence-corrected chi connectivity index (χ0v) is 12.2. The highest BCUT2D eigenvalue weighted by molar-refractivity contribution is 6.02. The van der Waals surface area contributed by atoms with Gasteiger partial charge in [-0.05, 0) is 24.1 Å². The van der Waals surface area contributed by atoms with E-state index in [0.717, 1.165) is 17.7 Å². The number of ether oxygens (including phenoxy) is 1. The Kier molecular flexibility index (Phi) is 5.10. The third-order valence-corrected chi connectivity index (χ3v) is 3.09. The molecule has 2 rings (SSSR count). The largest absolute Gasteiger partial charge is 0.496 e. The van der Waals surface area contributed by atoms with Crippen LogP contribution in [0.2, 0.25) is 0 Å². The Bertz CT molecular complexity index is 636. The topological polar surface area (TPSA) is 50.7 Å². The Morgan fingerprint density at radius 3 is 2.43 bits per heavy atom. The van der Waals surface area contributed by atoms with Crippen molar-refractivity contribution in [1.82, 2.24) is 5.43 Å². The number of nitrogens with one attached hydrogen (secondary N) is 1. The number of para-hydroxylation sites is 1. The minimum atomic E-state index is -0.283. The van der Waals surface area contributed by atoms with Gasteiger partial charge in [-0.3, -0.25) is 4.79 Å². The molecule has 0 spiro atoms. The lowest BCUT2D eigenvalue weighted by atomic mass is 10.1. The number of rotatable bonds is 5. The predicted octanol–water partition coefficient (Wildman–Crippen LogP) is 3.24. The van der Waals surface area contributed by atoms with Gasteiger partial charge in [-0.1, -0.05) is 49.4 Å². The summed E-state index contributed by atoms with van der Waals surface area (Å²) in [6.45, 7) is 2.00. The normalized spacial score (nSPS) is 11.0. The van der Waals surface area contributed by atoms with Crippen molar-refractivity contribution in [3.05, 3.63) is 65.7 Å². The number of hydrazone groups is 1. The second-order valence-electron chi connectivity index (χ2n) is 4.42. The summed E-state index contributed by atoms with van der Waals surface area (Å²) in [5, 5.41) is 4.23. The van der Waals surface area contributed by atoms with Crippen LogP contribution >= 0.6 is 0 Å². The zero-order chi connectivity index (χ0) is 15.1. The van der Waals surface area contributed by atoms with E-state index in [0.29, 0.717) is 11.3 Å². The van der Waals surface area contributed by atoms with Gasteiger partial charge in [0.05, 0.1) is 18.4 Å². The van der Waals surface area contributed by atoms with E-state index < -0.39 is 0 Å². The van der Waals surface area contributed by atoms with Crippen molar-refractivity contribution in [3.8, 4) is 5.75 Å². The van der Waals surface area contributed by atoms with E-state index in [-0.39, 0.29) is 5.91 Å². The number of methoxy groups -OCH3 is 1. The molecule has 0 saturated heterocycles.